The summed E-state index contributed by atoms with van der Waals surface area (Å²) >= 11 is 0. The van der Waals surface area contributed by atoms with Crippen molar-refractivity contribution in [1.29, 1.82) is 0 Å². The van der Waals surface area contributed by atoms with E-state index >= 15 is 0 Å². The molecule has 1 amide bonds. The molecule has 7 heteroatoms. The highest BCUT2D eigenvalue weighted by atomic mass is 32.2. The molecule has 152 valence electrons. The van der Waals surface area contributed by atoms with Crippen LogP contribution in [0.25, 0.3) is 0 Å². The number of aryl methyl sites for hydroxylation is 3. The van der Waals surface area contributed by atoms with Crippen LogP contribution in [-0.4, -0.2) is 38.3 Å². The van der Waals surface area contributed by atoms with Crippen LogP contribution in [0.4, 0.5) is 11.4 Å². The molecule has 2 rings (SSSR count). The Labute approximate surface area is 168 Å². The lowest BCUT2D eigenvalue weighted by Crippen LogP contribution is -2.31. The van der Waals surface area contributed by atoms with Crippen LogP contribution in [-0.2, 0) is 14.8 Å². The maximum Gasteiger partial charge on any atom is 0.243 e. The van der Waals surface area contributed by atoms with Gasteiger partial charge >= 0.3 is 0 Å². The number of anilines is 2. The van der Waals surface area contributed by atoms with Gasteiger partial charge in [-0.05, 0) is 49.6 Å². The second-order valence-electron chi connectivity index (χ2n) is 6.74. The quantitative estimate of drug-likeness (QED) is 0.705. The average Bonchev–Trinajstić information content (AvgIpc) is 2.64. The molecule has 0 spiro atoms. The van der Waals surface area contributed by atoms with Gasteiger partial charge in [0.2, 0.25) is 15.9 Å². The summed E-state index contributed by atoms with van der Waals surface area (Å²) in [4.78, 5) is 12.6. The number of para-hydroxylation sites is 1. The Balaban J connectivity index is 2.14. The number of carbonyl (C=O) groups excluding carboxylic acids is 1. The minimum atomic E-state index is -3.56. The normalized spacial score (nSPS) is 11.5. The molecular formula is C21H29N3O3S. The first kappa shape index (κ1) is 21.9. The molecule has 28 heavy (non-hydrogen) atoms. The van der Waals surface area contributed by atoms with Crippen LogP contribution in [0.2, 0.25) is 0 Å². The Hall–Kier alpha value is -2.38. The molecule has 0 atom stereocenters. The molecule has 0 saturated heterocycles. The predicted molar refractivity (Wildman–Crippen MR) is 114 cm³/mol. The van der Waals surface area contributed by atoms with Gasteiger partial charge in [-0.15, -0.1) is 0 Å². The second kappa shape index (κ2) is 9.21. The first-order valence-electron chi connectivity index (χ1n) is 9.41. The van der Waals surface area contributed by atoms with Gasteiger partial charge in [-0.3, -0.25) is 4.79 Å². The smallest absolute Gasteiger partial charge is 0.243 e. The summed E-state index contributed by atoms with van der Waals surface area (Å²) in [5.74, 6) is -0.189. The Morgan fingerprint density at radius 2 is 1.57 bits per heavy atom. The highest BCUT2D eigenvalue weighted by Gasteiger charge is 2.23. The lowest BCUT2D eigenvalue weighted by molar-refractivity contribution is -0.114. The minimum Gasteiger partial charge on any atom is -0.376 e. The largest absolute Gasteiger partial charge is 0.376 e. The molecule has 0 aliphatic heterocycles. The first-order chi connectivity index (χ1) is 13.2. The van der Waals surface area contributed by atoms with Crippen LogP contribution in [0.1, 0.15) is 30.5 Å². The molecule has 0 aliphatic carbocycles. The summed E-state index contributed by atoms with van der Waals surface area (Å²) in [5, 5.41) is 5.94. The van der Waals surface area contributed by atoms with Gasteiger partial charge in [-0.1, -0.05) is 38.1 Å². The highest BCUT2D eigenvalue weighted by Crippen LogP contribution is 2.24. The molecule has 2 aromatic rings. The number of rotatable bonds is 8. The Bertz CT molecular complexity index is 931. The van der Waals surface area contributed by atoms with Crippen molar-refractivity contribution in [2.75, 3.05) is 30.3 Å². The lowest BCUT2D eigenvalue weighted by Gasteiger charge is -2.20. The van der Waals surface area contributed by atoms with E-state index in [9.17, 15) is 13.2 Å². The van der Waals surface area contributed by atoms with Crippen molar-refractivity contribution in [2.45, 2.75) is 39.5 Å². The zero-order valence-corrected chi connectivity index (χ0v) is 18.0. The Morgan fingerprint density at radius 1 is 0.964 bits per heavy atom. The van der Waals surface area contributed by atoms with Gasteiger partial charge < -0.3 is 10.6 Å². The van der Waals surface area contributed by atoms with E-state index in [2.05, 4.69) is 10.6 Å². The monoisotopic (exact) mass is 403 g/mol. The van der Waals surface area contributed by atoms with Crippen LogP contribution >= 0.6 is 0 Å². The lowest BCUT2D eigenvalue weighted by atomic mass is 10.1. The van der Waals surface area contributed by atoms with Crippen LogP contribution in [0, 0.1) is 20.8 Å². The Morgan fingerprint density at radius 3 is 2.14 bits per heavy atom. The van der Waals surface area contributed by atoms with Crippen molar-refractivity contribution in [3.63, 3.8) is 0 Å². The van der Waals surface area contributed by atoms with Gasteiger partial charge in [0.15, 0.2) is 0 Å². The fraction of sp³-hybridized carbons (Fsp3) is 0.381. The first-order valence-corrected chi connectivity index (χ1v) is 10.9. The number of nitrogens with zero attached hydrogens (tertiary/aromatic N) is 1. The molecule has 2 aromatic carbocycles. The van der Waals surface area contributed by atoms with E-state index in [1.807, 2.05) is 45.9 Å². The van der Waals surface area contributed by atoms with Gasteiger partial charge in [0.1, 0.15) is 0 Å². The number of nitrogens with one attached hydrogen (secondary N) is 2. The van der Waals surface area contributed by atoms with Crippen molar-refractivity contribution >= 4 is 27.3 Å². The molecule has 0 saturated carbocycles. The van der Waals surface area contributed by atoms with Crippen molar-refractivity contribution in [1.82, 2.24) is 4.31 Å². The van der Waals surface area contributed by atoms with Crippen molar-refractivity contribution in [3.8, 4) is 0 Å². The summed E-state index contributed by atoms with van der Waals surface area (Å²) in [7, 11) is -3.56. The molecule has 0 radical (unpaired) electrons. The second-order valence-corrected chi connectivity index (χ2v) is 8.64. The highest BCUT2D eigenvalue weighted by molar-refractivity contribution is 7.89. The molecular weight excluding hydrogens is 374 g/mol. The van der Waals surface area contributed by atoms with Gasteiger partial charge in [0, 0.05) is 24.5 Å². The third kappa shape index (κ3) is 4.91. The molecule has 0 heterocycles. The van der Waals surface area contributed by atoms with Gasteiger partial charge in [-0.2, -0.15) is 4.31 Å². The van der Waals surface area contributed by atoms with E-state index in [0.29, 0.717) is 24.3 Å². The van der Waals surface area contributed by atoms with Gasteiger partial charge in [-0.25, -0.2) is 8.42 Å². The van der Waals surface area contributed by atoms with Crippen molar-refractivity contribution < 1.29 is 13.2 Å². The number of hydrogen-bond donors (Lipinski definition) is 2. The summed E-state index contributed by atoms with van der Waals surface area (Å²) in [6.45, 7) is 10.2. The van der Waals surface area contributed by atoms with E-state index < -0.39 is 10.0 Å². The zero-order valence-electron chi connectivity index (χ0n) is 17.2. The predicted octanol–water partition coefficient (Wildman–Crippen LogP) is 3.69. The summed E-state index contributed by atoms with van der Waals surface area (Å²) in [6, 6.07) is 11.0. The van der Waals surface area contributed by atoms with Crippen molar-refractivity contribution in [2.24, 2.45) is 0 Å². The maximum absolute atomic E-state index is 12.8. The molecule has 6 nitrogen and oxygen atoms in total. The van der Waals surface area contributed by atoms with Crippen LogP contribution in [0.15, 0.2) is 41.3 Å². The standard InChI is InChI=1S/C21H29N3O3S/c1-6-24(7-2)28(26,27)19-13-18(12-11-15(19)3)22-14-20(25)23-21-16(4)9-8-10-17(21)5/h8-13,22H,6-7,14H2,1-5H3,(H,23,25). The van der Waals surface area contributed by atoms with Crippen LogP contribution < -0.4 is 10.6 Å². The van der Waals surface area contributed by atoms with Crippen molar-refractivity contribution in [3.05, 3.63) is 53.1 Å². The number of carbonyl (C=O) groups is 1. The molecule has 0 fully saturated rings. The molecule has 0 bridgehead atoms. The Kier molecular flexibility index (Phi) is 7.21. The third-order valence-electron chi connectivity index (χ3n) is 4.71. The van der Waals surface area contributed by atoms with E-state index in [4.69, 9.17) is 0 Å². The van der Waals surface area contributed by atoms with Gasteiger partial charge in [0.05, 0.1) is 11.4 Å². The SMILES string of the molecule is CCN(CC)S(=O)(=O)c1cc(NCC(=O)Nc2c(C)cccc2C)ccc1C. The number of amides is 1. The molecule has 2 N–H and O–H groups in total. The topological polar surface area (TPSA) is 78.5 Å². The average molecular weight is 404 g/mol. The fourth-order valence-electron chi connectivity index (χ4n) is 3.07. The zero-order chi connectivity index (χ0) is 20.9. The summed E-state index contributed by atoms with van der Waals surface area (Å²) < 4.78 is 27.1. The van der Waals surface area contributed by atoms with Crippen LogP contribution in [0.3, 0.4) is 0 Å². The molecule has 0 unspecified atom stereocenters. The minimum absolute atomic E-state index is 0.0432. The number of hydrogen-bond acceptors (Lipinski definition) is 4. The van der Waals surface area contributed by atoms with E-state index in [1.165, 1.54) is 4.31 Å². The number of sulfonamides is 1. The fourth-order valence-corrected chi connectivity index (χ4v) is 4.78. The number of benzene rings is 2. The summed E-state index contributed by atoms with van der Waals surface area (Å²) in [6.07, 6.45) is 0. The van der Waals surface area contributed by atoms with Crippen LogP contribution in [0.5, 0.6) is 0 Å². The summed E-state index contributed by atoms with van der Waals surface area (Å²) in [5.41, 5.74) is 4.07. The van der Waals surface area contributed by atoms with E-state index in [-0.39, 0.29) is 17.3 Å². The molecule has 0 aliphatic rings. The van der Waals surface area contributed by atoms with Gasteiger partial charge in [0.25, 0.3) is 0 Å². The van der Waals surface area contributed by atoms with E-state index in [1.54, 1.807) is 25.1 Å². The third-order valence-corrected chi connectivity index (χ3v) is 6.90. The molecule has 0 aromatic heterocycles. The van der Waals surface area contributed by atoms with E-state index in [0.717, 1.165) is 16.8 Å². The maximum atomic E-state index is 12.8.